The third-order valence-corrected chi connectivity index (χ3v) is 9.19. The van der Waals surface area contributed by atoms with Crippen LogP contribution in [0.15, 0.2) is 12.2 Å². The first kappa shape index (κ1) is 43.1. The Morgan fingerprint density at radius 3 is 0.978 bits per heavy atom. The summed E-state index contributed by atoms with van der Waals surface area (Å²) in [7, 11) is 0. The first-order chi connectivity index (χ1) is 21.8. The van der Waals surface area contributed by atoms with Crippen LogP contribution in [0, 0.1) is 0 Å². The van der Waals surface area contributed by atoms with Gasteiger partial charge in [0, 0.05) is 19.3 Å². The summed E-state index contributed by atoms with van der Waals surface area (Å²) in [5.74, 6) is -2.30. The van der Waals surface area contributed by atoms with Crippen LogP contribution in [0.2, 0.25) is 0 Å². The molecule has 0 aromatic carbocycles. The van der Waals surface area contributed by atoms with Crippen molar-refractivity contribution < 1.29 is 34.2 Å². The minimum absolute atomic E-state index is 0.176. The number of unbranched alkanes of at least 4 members (excludes halogenated alkanes) is 20. The normalized spacial score (nSPS) is 11.8. The number of allylic oxidation sites excluding steroid dienone is 2. The molecule has 0 saturated heterocycles. The van der Waals surface area contributed by atoms with Crippen LogP contribution < -0.4 is 0 Å². The van der Waals surface area contributed by atoms with Crippen molar-refractivity contribution in [2.45, 2.75) is 187 Å². The molecule has 0 radical (unpaired) electrons. The predicted octanol–water partition coefficient (Wildman–Crippen LogP) is 10.6. The maximum Gasteiger partial charge on any atom is 0.303 e. The number of carbonyl (C=O) groups is 3. The fraction of sp³-hybridized carbons (Fsp3) is 0.868. The molecule has 264 valence electrons. The van der Waals surface area contributed by atoms with Gasteiger partial charge in [-0.1, -0.05) is 109 Å². The minimum atomic E-state index is -0.765. The van der Waals surface area contributed by atoms with Crippen LogP contribution in [0.3, 0.4) is 0 Å². The van der Waals surface area contributed by atoms with Crippen molar-refractivity contribution in [1.29, 1.82) is 0 Å². The van der Waals surface area contributed by atoms with E-state index in [1.165, 1.54) is 116 Å². The molecule has 0 rings (SSSR count). The summed E-state index contributed by atoms with van der Waals surface area (Å²) in [6.45, 7) is 5.93. The molecule has 45 heavy (non-hydrogen) atoms. The van der Waals surface area contributed by atoms with E-state index >= 15 is 0 Å². The molecule has 0 aliphatic rings. The number of nitrogens with zero attached hydrogens (tertiary/aromatic N) is 1. The van der Waals surface area contributed by atoms with Gasteiger partial charge in [-0.3, -0.25) is 14.4 Å². The van der Waals surface area contributed by atoms with Gasteiger partial charge in [0.1, 0.15) is 0 Å². The van der Waals surface area contributed by atoms with Crippen molar-refractivity contribution >= 4 is 17.9 Å². The minimum Gasteiger partial charge on any atom is -0.481 e. The molecule has 7 heteroatoms. The lowest BCUT2D eigenvalue weighted by atomic mass is 10.0. The Bertz CT molecular complexity index is 683. The van der Waals surface area contributed by atoms with E-state index in [1.807, 2.05) is 0 Å². The van der Waals surface area contributed by atoms with Crippen LogP contribution in [0.4, 0.5) is 0 Å². The summed E-state index contributed by atoms with van der Waals surface area (Å²) in [5, 5.41) is 27.2. The summed E-state index contributed by atoms with van der Waals surface area (Å²) >= 11 is 0. The maximum atomic E-state index is 11.0. The van der Waals surface area contributed by atoms with Gasteiger partial charge in [0.25, 0.3) is 0 Å². The number of hydrogen-bond acceptors (Lipinski definition) is 3. The Labute approximate surface area is 276 Å². The van der Waals surface area contributed by atoms with E-state index in [0.717, 1.165) is 56.3 Å². The van der Waals surface area contributed by atoms with Crippen molar-refractivity contribution in [3.63, 3.8) is 0 Å². The highest BCUT2D eigenvalue weighted by molar-refractivity contribution is 5.67. The van der Waals surface area contributed by atoms with E-state index in [1.54, 1.807) is 0 Å². The van der Waals surface area contributed by atoms with Gasteiger partial charge in [-0.2, -0.15) is 0 Å². The van der Waals surface area contributed by atoms with Crippen molar-refractivity contribution in [3.05, 3.63) is 12.2 Å². The third kappa shape index (κ3) is 31.9. The van der Waals surface area contributed by atoms with Crippen molar-refractivity contribution in [3.8, 4) is 0 Å². The largest absolute Gasteiger partial charge is 0.481 e. The average molecular weight is 639 g/mol. The van der Waals surface area contributed by atoms with Gasteiger partial charge in [-0.25, -0.2) is 0 Å². The fourth-order valence-electron chi connectivity index (χ4n) is 6.43. The standard InChI is InChI=1S/C38H71NO6/c1-2-3-4-5-6-7-8-9-10-11-12-13-14-15-16-17-18-19-20-21-25-32-39(33-26-22-29-36(40)41,34-27-23-30-37(42)43)35-28-24-31-38(44)45/h4-5H,2-3,6-35H2,1H3,(H2-,40,41,42,43,44,45)/p+1/b5-4+. The Kier molecular flexibility index (Phi) is 30.7. The summed E-state index contributed by atoms with van der Waals surface area (Å²) in [6, 6.07) is 0. The Balaban J connectivity index is 4.17. The third-order valence-electron chi connectivity index (χ3n) is 9.19. The van der Waals surface area contributed by atoms with Gasteiger partial charge in [0.2, 0.25) is 0 Å². The lowest BCUT2D eigenvalue weighted by molar-refractivity contribution is -0.929. The van der Waals surface area contributed by atoms with Crippen LogP contribution >= 0.6 is 0 Å². The zero-order valence-electron chi connectivity index (χ0n) is 29.3. The van der Waals surface area contributed by atoms with Gasteiger partial charge in [-0.05, 0) is 70.6 Å². The van der Waals surface area contributed by atoms with Crippen LogP contribution in [-0.2, 0) is 14.4 Å². The van der Waals surface area contributed by atoms with Crippen molar-refractivity contribution in [2.24, 2.45) is 0 Å². The van der Waals surface area contributed by atoms with E-state index < -0.39 is 17.9 Å². The zero-order chi connectivity index (χ0) is 33.3. The monoisotopic (exact) mass is 639 g/mol. The smallest absolute Gasteiger partial charge is 0.303 e. The molecular formula is C38H72NO6+. The SMILES string of the molecule is CCC/C=C/CCCCCCCCCCCCCCCCCC[N+](CCCCC(=O)O)(CCCCC(=O)O)CCCCC(=O)O. The zero-order valence-corrected chi connectivity index (χ0v) is 29.3. The van der Waals surface area contributed by atoms with Crippen LogP contribution in [0.5, 0.6) is 0 Å². The molecule has 0 heterocycles. The second kappa shape index (κ2) is 32.1. The van der Waals surface area contributed by atoms with Crippen LogP contribution in [0.1, 0.15) is 187 Å². The van der Waals surface area contributed by atoms with E-state index in [4.69, 9.17) is 15.3 Å². The van der Waals surface area contributed by atoms with Crippen molar-refractivity contribution in [1.82, 2.24) is 0 Å². The van der Waals surface area contributed by atoms with Crippen LogP contribution in [-0.4, -0.2) is 63.9 Å². The summed E-state index contributed by atoms with van der Waals surface area (Å²) in [4.78, 5) is 33.1. The van der Waals surface area contributed by atoms with E-state index in [0.29, 0.717) is 19.3 Å². The second-order valence-electron chi connectivity index (χ2n) is 13.5. The molecule has 3 N–H and O–H groups in total. The predicted molar refractivity (Wildman–Crippen MR) is 187 cm³/mol. The molecule has 0 aliphatic heterocycles. The van der Waals surface area contributed by atoms with Gasteiger partial charge in [0.05, 0.1) is 26.2 Å². The molecular weight excluding hydrogens is 566 g/mol. The first-order valence-corrected chi connectivity index (χ1v) is 19.0. The summed E-state index contributed by atoms with van der Waals surface area (Å²) in [5.41, 5.74) is 0. The van der Waals surface area contributed by atoms with Gasteiger partial charge >= 0.3 is 17.9 Å². The van der Waals surface area contributed by atoms with E-state index in [2.05, 4.69) is 19.1 Å². The molecule has 0 saturated carbocycles. The molecule has 0 bridgehead atoms. The van der Waals surface area contributed by atoms with Crippen molar-refractivity contribution in [2.75, 3.05) is 26.2 Å². The molecule has 0 aromatic rings. The highest BCUT2D eigenvalue weighted by Crippen LogP contribution is 2.20. The molecule has 0 spiro atoms. The quantitative estimate of drug-likeness (QED) is 0.0358. The summed E-state index contributed by atoms with van der Waals surface area (Å²) in [6.07, 6.45) is 34.7. The average Bonchev–Trinajstić information content (AvgIpc) is 3.00. The molecule has 0 amide bonds. The van der Waals surface area contributed by atoms with E-state index in [-0.39, 0.29) is 19.3 Å². The highest BCUT2D eigenvalue weighted by Gasteiger charge is 2.26. The molecule has 7 nitrogen and oxygen atoms in total. The van der Waals surface area contributed by atoms with Crippen LogP contribution in [0.25, 0.3) is 0 Å². The maximum absolute atomic E-state index is 11.0. The number of rotatable bonds is 36. The molecule has 0 unspecified atom stereocenters. The van der Waals surface area contributed by atoms with Gasteiger partial charge < -0.3 is 19.8 Å². The van der Waals surface area contributed by atoms with Gasteiger partial charge in [0.15, 0.2) is 0 Å². The van der Waals surface area contributed by atoms with Gasteiger partial charge in [-0.15, -0.1) is 0 Å². The Morgan fingerprint density at radius 2 is 0.667 bits per heavy atom. The Hall–Kier alpha value is -1.89. The molecule has 0 aliphatic carbocycles. The Morgan fingerprint density at radius 1 is 0.400 bits per heavy atom. The lowest BCUT2D eigenvalue weighted by Gasteiger charge is -2.39. The number of carboxylic acids is 3. The fourth-order valence-corrected chi connectivity index (χ4v) is 6.43. The molecule has 0 fully saturated rings. The summed E-state index contributed by atoms with van der Waals surface area (Å²) < 4.78 is 0.871. The lowest BCUT2D eigenvalue weighted by Crippen LogP contribution is -2.51. The number of aliphatic carboxylic acids is 3. The second-order valence-corrected chi connectivity index (χ2v) is 13.5. The highest BCUT2D eigenvalue weighted by atomic mass is 16.4. The number of hydrogen-bond donors (Lipinski definition) is 3. The number of quaternary nitrogens is 1. The van der Waals surface area contributed by atoms with E-state index in [9.17, 15) is 14.4 Å². The number of carboxylic acid groups (broad SMARTS) is 3. The topological polar surface area (TPSA) is 112 Å². The molecule has 0 atom stereocenters. The molecule has 0 aromatic heterocycles. The first-order valence-electron chi connectivity index (χ1n) is 19.0.